The van der Waals surface area contributed by atoms with Crippen molar-refractivity contribution < 1.29 is 14.4 Å². The third kappa shape index (κ3) is 4.05. The van der Waals surface area contributed by atoms with Crippen LogP contribution in [0.1, 0.15) is 32.5 Å². The molecule has 2 rings (SSSR count). The normalized spacial score (nSPS) is 11.4. The van der Waals surface area contributed by atoms with Crippen LogP contribution in [0.3, 0.4) is 0 Å². The molecule has 0 saturated heterocycles. The predicted octanol–water partition coefficient (Wildman–Crippen LogP) is 2.46. The topological polar surface area (TPSA) is 79.5 Å². The summed E-state index contributed by atoms with van der Waals surface area (Å²) in [6.07, 6.45) is 0. The number of rotatable bonds is 5. The molecule has 1 aromatic heterocycles. The van der Waals surface area contributed by atoms with E-state index in [1.54, 1.807) is 4.90 Å². The average molecular weight is 289 g/mol. The Hall–Kier alpha value is -2.37. The van der Waals surface area contributed by atoms with Gasteiger partial charge in [-0.15, -0.1) is 0 Å². The summed E-state index contributed by atoms with van der Waals surface area (Å²) in [4.78, 5) is 17.1. The number of aromatic nitrogens is 2. The fraction of sp³-hybridized carbons (Fsp3) is 0.400. The van der Waals surface area contributed by atoms with Gasteiger partial charge in [0, 0.05) is 11.1 Å². The predicted molar refractivity (Wildman–Crippen MR) is 78.1 cm³/mol. The van der Waals surface area contributed by atoms with Gasteiger partial charge in [-0.25, -0.2) is 0 Å². The molecule has 1 aromatic carbocycles. The molecule has 112 valence electrons. The lowest BCUT2D eigenvalue weighted by Crippen LogP contribution is -2.29. The van der Waals surface area contributed by atoms with Gasteiger partial charge >= 0.3 is 5.97 Å². The Labute approximate surface area is 123 Å². The minimum atomic E-state index is -0.904. The Morgan fingerprint density at radius 3 is 2.48 bits per heavy atom. The standard InChI is InChI=1S/C15H19N3O3/c1-15(2,3)14-16-12(17-21-14)9-18(10-13(19)20)11-7-5-4-6-8-11/h4-8H,9-10H2,1-3H3,(H,19,20). The first-order valence-corrected chi connectivity index (χ1v) is 6.71. The fourth-order valence-electron chi connectivity index (χ4n) is 1.83. The summed E-state index contributed by atoms with van der Waals surface area (Å²) in [5, 5.41) is 13.0. The summed E-state index contributed by atoms with van der Waals surface area (Å²) in [5.74, 6) is 0.115. The molecule has 2 aromatic rings. The van der Waals surface area contributed by atoms with Gasteiger partial charge < -0.3 is 14.5 Å². The number of carboxylic acids is 1. The number of hydrogen-bond acceptors (Lipinski definition) is 5. The summed E-state index contributed by atoms with van der Waals surface area (Å²) in [5.41, 5.74) is 0.581. The molecule has 0 aliphatic heterocycles. The molecule has 0 spiro atoms. The first-order valence-electron chi connectivity index (χ1n) is 6.71. The fourth-order valence-corrected chi connectivity index (χ4v) is 1.83. The molecule has 0 aliphatic carbocycles. The first kappa shape index (κ1) is 15.0. The van der Waals surface area contributed by atoms with Gasteiger partial charge in [-0.05, 0) is 12.1 Å². The highest BCUT2D eigenvalue weighted by molar-refractivity contribution is 5.73. The van der Waals surface area contributed by atoms with Crippen LogP contribution >= 0.6 is 0 Å². The first-order chi connectivity index (χ1) is 9.86. The van der Waals surface area contributed by atoms with E-state index in [1.807, 2.05) is 51.1 Å². The SMILES string of the molecule is CC(C)(C)c1nc(CN(CC(=O)O)c2ccccc2)no1. The second-order valence-corrected chi connectivity index (χ2v) is 5.85. The van der Waals surface area contributed by atoms with Crippen molar-refractivity contribution in [2.75, 3.05) is 11.4 Å². The van der Waals surface area contributed by atoms with Crippen molar-refractivity contribution in [1.29, 1.82) is 0 Å². The largest absolute Gasteiger partial charge is 0.480 e. The quantitative estimate of drug-likeness (QED) is 0.910. The van der Waals surface area contributed by atoms with Crippen LogP contribution in [0, 0.1) is 0 Å². The van der Waals surface area contributed by atoms with Crippen LogP contribution in [-0.2, 0) is 16.8 Å². The monoisotopic (exact) mass is 289 g/mol. The van der Waals surface area contributed by atoms with Crippen molar-refractivity contribution in [3.05, 3.63) is 42.0 Å². The number of nitrogens with zero attached hydrogens (tertiary/aromatic N) is 3. The van der Waals surface area contributed by atoms with Crippen LogP contribution in [0.25, 0.3) is 0 Å². The molecular weight excluding hydrogens is 270 g/mol. The molecule has 1 heterocycles. The van der Waals surface area contributed by atoms with Gasteiger partial charge in [-0.1, -0.05) is 44.1 Å². The van der Waals surface area contributed by atoms with E-state index in [2.05, 4.69) is 10.1 Å². The molecule has 1 N–H and O–H groups in total. The molecule has 0 saturated carbocycles. The molecule has 0 aliphatic rings. The third-order valence-electron chi connectivity index (χ3n) is 2.89. The minimum absolute atomic E-state index is 0.122. The Kier molecular flexibility index (Phi) is 4.26. The third-order valence-corrected chi connectivity index (χ3v) is 2.89. The molecule has 6 nitrogen and oxygen atoms in total. The minimum Gasteiger partial charge on any atom is -0.480 e. The molecule has 0 fully saturated rings. The van der Waals surface area contributed by atoms with Gasteiger partial charge in [0.2, 0.25) is 5.89 Å². The van der Waals surface area contributed by atoms with Gasteiger partial charge in [-0.2, -0.15) is 4.98 Å². The summed E-state index contributed by atoms with van der Waals surface area (Å²) in [6.45, 7) is 6.11. The number of carbonyl (C=O) groups is 1. The van der Waals surface area contributed by atoms with E-state index in [-0.39, 0.29) is 18.5 Å². The molecule has 6 heteroatoms. The van der Waals surface area contributed by atoms with E-state index in [1.165, 1.54) is 0 Å². The van der Waals surface area contributed by atoms with Crippen LogP contribution in [0.15, 0.2) is 34.9 Å². The van der Waals surface area contributed by atoms with Crippen LogP contribution in [0.5, 0.6) is 0 Å². The molecule has 21 heavy (non-hydrogen) atoms. The number of carboxylic acid groups (broad SMARTS) is 1. The van der Waals surface area contributed by atoms with Gasteiger partial charge in [0.15, 0.2) is 5.82 Å². The zero-order valence-corrected chi connectivity index (χ0v) is 12.4. The Bertz CT molecular complexity index is 602. The van der Waals surface area contributed by atoms with Crippen LogP contribution in [0.2, 0.25) is 0 Å². The maximum Gasteiger partial charge on any atom is 0.323 e. The van der Waals surface area contributed by atoms with E-state index in [0.717, 1.165) is 5.69 Å². The Balaban J connectivity index is 2.19. The van der Waals surface area contributed by atoms with Crippen molar-refractivity contribution in [2.45, 2.75) is 32.7 Å². The van der Waals surface area contributed by atoms with Crippen LogP contribution in [-0.4, -0.2) is 27.8 Å². The maximum atomic E-state index is 11.0. The van der Waals surface area contributed by atoms with E-state index < -0.39 is 5.97 Å². The highest BCUT2D eigenvalue weighted by Gasteiger charge is 2.23. The summed E-state index contributed by atoms with van der Waals surface area (Å²) < 4.78 is 5.24. The Morgan fingerprint density at radius 2 is 1.95 bits per heavy atom. The highest BCUT2D eigenvalue weighted by Crippen LogP contribution is 2.21. The van der Waals surface area contributed by atoms with Crippen molar-refractivity contribution >= 4 is 11.7 Å². The zero-order chi connectivity index (χ0) is 15.5. The van der Waals surface area contributed by atoms with Crippen molar-refractivity contribution in [3.8, 4) is 0 Å². The lowest BCUT2D eigenvalue weighted by Gasteiger charge is -2.20. The zero-order valence-electron chi connectivity index (χ0n) is 12.4. The number of para-hydroxylation sites is 1. The molecule has 0 atom stereocenters. The molecule has 0 amide bonds. The number of anilines is 1. The lowest BCUT2D eigenvalue weighted by atomic mass is 9.97. The summed E-state index contributed by atoms with van der Waals surface area (Å²) >= 11 is 0. The highest BCUT2D eigenvalue weighted by atomic mass is 16.5. The summed E-state index contributed by atoms with van der Waals surface area (Å²) in [7, 11) is 0. The van der Waals surface area contributed by atoms with E-state index in [9.17, 15) is 4.79 Å². The smallest absolute Gasteiger partial charge is 0.323 e. The number of hydrogen-bond donors (Lipinski definition) is 1. The van der Waals surface area contributed by atoms with Gasteiger partial charge in [0.1, 0.15) is 6.54 Å². The van der Waals surface area contributed by atoms with E-state index >= 15 is 0 Å². The number of benzene rings is 1. The lowest BCUT2D eigenvalue weighted by molar-refractivity contribution is -0.135. The maximum absolute atomic E-state index is 11.0. The average Bonchev–Trinajstić information content (AvgIpc) is 2.87. The molecule has 0 bridgehead atoms. The van der Waals surface area contributed by atoms with Crippen molar-refractivity contribution in [2.24, 2.45) is 0 Å². The van der Waals surface area contributed by atoms with E-state index in [0.29, 0.717) is 11.7 Å². The second-order valence-electron chi connectivity index (χ2n) is 5.85. The van der Waals surface area contributed by atoms with Gasteiger partial charge in [-0.3, -0.25) is 4.79 Å². The van der Waals surface area contributed by atoms with Crippen molar-refractivity contribution in [3.63, 3.8) is 0 Å². The second kappa shape index (κ2) is 5.95. The van der Waals surface area contributed by atoms with Gasteiger partial charge in [0.05, 0.1) is 6.54 Å². The van der Waals surface area contributed by atoms with Gasteiger partial charge in [0.25, 0.3) is 0 Å². The van der Waals surface area contributed by atoms with Crippen LogP contribution < -0.4 is 4.90 Å². The van der Waals surface area contributed by atoms with Crippen molar-refractivity contribution in [1.82, 2.24) is 10.1 Å². The summed E-state index contributed by atoms with van der Waals surface area (Å²) in [6, 6.07) is 9.32. The molecule has 0 unspecified atom stereocenters. The molecular formula is C15H19N3O3. The number of aliphatic carboxylic acids is 1. The van der Waals surface area contributed by atoms with Crippen LogP contribution in [0.4, 0.5) is 5.69 Å². The Morgan fingerprint density at radius 1 is 1.29 bits per heavy atom. The molecule has 0 radical (unpaired) electrons. The van der Waals surface area contributed by atoms with E-state index in [4.69, 9.17) is 9.63 Å².